The Morgan fingerprint density at radius 3 is 2.62 bits per heavy atom. The highest BCUT2D eigenvalue weighted by atomic mass is 32.1. The SMILES string of the molecule is O=C1CCC(N2Cc3c(cc(F)cc3N3CCN(Cc4cnc(C5CC5)s4)CC3)C2=O)C(=O)N1. The molecule has 4 heterocycles. The second kappa shape index (κ2) is 8.42. The van der Waals surface area contributed by atoms with Crippen molar-refractivity contribution in [3.63, 3.8) is 0 Å². The number of nitrogens with zero attached hydrogens (tertiary/aromatic N) is 4. The van der Waals surface area contributed by atoms with Crippen LogP contribution in [0.4, 0.5) is 10.1 Å². The van der Waals surface area contributed by atoms with Crippen molar-refractivity contribution in [1.82, 2.24) is 20.1 Å². The molecule has 1 saturated carbocycles. The maximum atomic E-state index is 14.5. The molecule has 1 N–H and O–H groups in total. The van der Waals surface area contributed by atoms with E-state index < -0.39 is 17.8 Å². The zero-order valence-corrected chi connectivity index (χ0v) is 19.6. The van der Waals surface area contributed by atoms with E-state index in [1.807, 2.05) is 17.5 Å². The number of hydrogen-bond donors (Lipinski definition) is 1. The van der Waals surface area contributed by atoms with Gasteiger partial charge in [0.2, 0.25) is 11.8 Å². The largest absolute Gasteiger partial charge is 0.369 e. The minimum atomic E-state index is -0.703. The average Bonchev–Trinajstić information content (AvgIpc) is 3.49. The number of hydrogen-bond acceptors (Lipinski definition) is 7. The van der Waals surface area contributed by atoms with Gasteiger partial charge in [-0.05, 0) is 31.4 Å². The summed E-state index contributed by atoms with van der Waals surface area (Å²) in [5, 5.41) is 3.57. The Balaban J connectivity index is 1.15. The van der Waals surface area contributed by atoms with Crippen LogP contribution >= 0.6 is 11.3 Å². The number of thiazole rings is 1. The van der Waals surface area contributed by atoms with Crippen LogP contribution < -0.4 is 10.2 Å². The number of carbonyl (C=O) groups is 3. The molecule has 8 nitrogen and oxygen atoms in total. The quantitative estimate of drug-likeness (QED) is 0.657. The van der Waals surface area contributed by atoms with Crippen molar-refractivity contribution in [2.75, 3.05) is 31.1 Å². The van der Waals surface area contributed by atoms with Crippen molar-refractivity contribution < 1.29 is 18.8 Å². The lowest BCUT2D eigenvalue weighted by molar-refractivity contribution is -0.136. The number of benzene rings is 1. The van der Waals surface area contributed by atoms with Crippen LogP contribution in [-0.2, 0) is 22.7 Å². The maximum Gasteiger partial charge on any atom is 0.255 e. The van der Waals surface area contributed by atoms with E-state index in [9.17, 15) is 18.8 Å². The predicted octanol–water partition coefficient (Wildman–Crippen LogP) is 2.24. The number of piperidine rings is 1. The van der Waals surface area contributed by atoms with Crippen molar-refractivity contribution in [2.45, 2.75) is 50.7 Å². The first-order chi connectivity index (χ1) is 16.5. The van der Waals surface area contributed by atoms with Crippen molar-refractivity contribution in [3.05, 3.63) is 45.2 Å². The number of aromatic nitrogens is 1. The Morgan fingerprint density at radius 2 is 1.88 bits per heavy atom. The number of piperazine rings is 1. The molecule has 1 unspecified atom stereocenters. The van der Waals surface area contributed by atoms with Gasteiger partial charge in [0.25, 0.3) is 5.91 Å². The van der Waals surface area contributed by atoms with Gasteiger partial charge < -0.3 is 9.80 Å². The number of rotatable bonds is 5. The number of fused-ring (bicyclic) bond motifs is 1. The molecule has 1 aromatic heterocycles. The average molecular weight is 484 g/mol. The first kappa shape index (κ1) is 21.7. The summed E-state index contributed by atoms with van der Waals surface area (Å²) < 4.78 is 14.5. The minimum absolute atomic E-state index is 0.196. The van der Waals surface area contributed by atoms with Crippen LogP contribution in [0.1, 0.15) is 57.4 Å². The molecule has 1 atom stereocenters. The van der Waals surface area contributed by atoms with E-state index in [0.29, 0.717) is 17.9 Å². The van der Waals surface area contributed by atoms with Gasteiger partial charge in [-0.2, -0.15) is 0 Å². The molecule has 6 rings (SSSR count). The number of imide groups is 1. The summed E-state index contributed by atoms with van der Waals surface area (Å²) in [5.41, 5.74) is 1.81. The van der Waals surface area contributed by atoms with Crippen LogP contribution in [0.5, 0.6) is 0 Å². The minimum Gasteiger partial charge on any atom is -0.369 e. The van der Waals surface area contributed by atoms with Gasteiger partial charge in [-0.15, -0.1) is 11.3 Å². The highest BCUT2D eigenvalue weighted by molar-refractivity contribution is 7.11. The monoisotopic (exact) mass is 483 g/mol. The Bertz CT molecular complexity index is 1170. The lowest BCUT2D eigenvalue weighted by Gasteiger charge is -2.36. The molecule has 3 aliphatic heterocycles. The Morgan fingerprint density at radius 1 is 1.09 bits per heavy atom. The number of amides is 3. The summed E-state index contributed by atoms with van der Waals surface area (Å²) in [5.74, 6) is -0.904. The number of carbonyl (C=O) groups excluding carboxylic acids is 3. The number of halogens is 1. The summed E-state index contributed by atoms with van der Waals surface area (Å²) in [4.78, 5) is 48.8. The van der Waals surface area contributed by atoms with E-state index in [-0.39, 0.29) is 24.8 Å². The highest BCUT2D eigenvalue weighted by Gasteiger charge is 2.41. The first-order valence-electron chi connectivity index (χ1n) is 11.9. The fourth-order valence-electron chi connectivity index (χ4n) is 5.17. The molecule has 1 aromatic carbocycles. The van der Waals surface area contributed by atoms with Gasteiger partial charge in [-0.3, -0.25) is 24.6 Å². The summed E-state index contributed by atoms with van der Waals surface area (Å²) >= 11 is 1.81. The highest BCUT2D eigenvalue weighted by Crippen LogP contribution is 2.42. The van der Waals surface area contributed by atoms with Gasteiger partial charge in [0, 0.05) is 79.5 Å². The molecule has 0 radical (unpaired) electrons. The molecule has 0 spiro atoms. The van der Waals surface area contributed by atoms with Gasteiger partial charge in [-0.25, -0.2) is 9.37 Å². The van der Waals surface area contributed by atoms with Gasteiger partial charge in [0.1, 0.15) is 11.9 Å². The molecule has 4 aliphatic rings. The molecule has 1 aliphatic carbocycles. The van der Waals surface area contributed by atoms with Gasteiger partial charge in [-0.1, -0.05) is 0 Å². The van der Waals surface area contributed by atoms with Crippen LogP contribution in [0.25, 0.3) is 0 Å². The number of anilines is 1. The molecule has 10 heteroatoms. The smallest absolute Gasteiger partial charge is 0.255 e. The summed E-state index contributed by atoms with van der Waals surface area (Å²) in [6.07, 6.45) is 5.00. The van der Waals surface area contributed by atoms with Gasteiger partial charge >= 0.3 is 0 Å². The fraction of sp³-hybridized carbons (Fsp3) is 0.500. The molecule has 2 aromatic rings. The second-order valence-electron chi connectivity index (χ2n) is 9.55. The van der Waals surface area contributed by atoms with E-state index in [1.54, 1.807) is 0 Å². The third kappa shape index (κ3) is 3.98. The predicted molar refractivity (Wildman–Crippen MR) is 124 cm³/mol. The Hall–Kier alpha value is -2.85. The molecule has 178 valence electrons. The fourth-order valence-corrected chi connectivity index (χ4v) is 6.30. The topological polar surface area (TPSA) is 85.9 Å². The zero-order chi connectivity index (χ0) is 23.4. The lowest BCUT2D eigenvalue weighted by atomic mass is 10.0. The van der Waals surface area contributed by atoms with Crippen LogP contribution in [0, 0.1) is 5.82 Å². The molecule has 34 heavy (non-hydrogen) atoms. The second-order valence-corrected chi connectivity index (χ2v) is 10.7. The van der Waals surface area contributed by atoms with Crippen LogP contribution in [0.2, 0.25) is 0 Å². The standard InChI is InChI=1S/C24H26FN5O3S/c25-15-9-17-18(13-30(24(17)33)19-3-4-21(31)27-22(19)32)20(10-15)29-7-5-28(6-8-29)12-16-11-26-23(34-16)14-1-2-14/h9-11,14,19H,1-8,12-13H2,(H,27,31,32). The van der Waals surface area contributed by atoms with Crippen LogP contribution in [0.3, 0.4) is 0 Å². The Kier molecular flexibility index (Phi) is 5.37. The molecular formula is C24H26FN5O3S. The van der Waals surface area contributed by atoms with Crippen molar-refractivity contribution in [1.29, 1.82) is 0 Å². The molecule has 2 saturated heterocycles. The van der Waals surface area contributed by atoms with E-state index in [1.165, 1.54) is 39.8 Å². The molecular weight excluding hydrogens is 457 g/mol. The van der Waals surface area contributed by atoms with E-state index in [0.717, 1.165) is 44.0 Å². The lowest BCUT2D eigenvalue weighted by Crippen LogP contribution is -2.52. The summed E-state index contributed by atoms with van der Waals surface area (Å²) in [6.45, 7) is 4.27. The van der Waals surface area contributed by atoms with Gasteiger partial charge in [0.15, 0.2) is 0 Å². The van der Waals surface area contributed by atoms with E-state index in [4.69, 9.17) is 0 Å². The van der Waals surface area contributed by atoms with Crippen LogP contribution in [0.15, 0.2) is 18.3 Å². The normalized spacial score (nSPS) is 23.4. The van der Waals surface area contributed by atoms with Gasteiger partial charge in [0.05, 0.1) is 5.01 Å². The third-order valence-corrected chi connectivity index (χ3v) is 8.33. The third-order valence-electron chi connectivity index (χ3n) is 7.19. The van der Waals surface area contributed by atoms with Crippen LogP contribution in [-0.4, -0.2) is 64.7 Å². The molecule has 3 fully saturated rings. The molecule has 3 amide bonds. The van der Waals surface area contributed by atoms with Crippen molar-refractivity contribution in [3.8, 4) is 0 Å². The van der Waals surface area contributed by atoms with Crippen molar-refractivity contribution >= 4 is 34.7 Å². The van der Waals surface area contributed by atoms with E-state index in [2.05, 4.69) is 20.1 Å². The summed E-state index contributed by atoms with van der Waals surface area (Å²) in [6, 6.07) is 2.07. The first-order valence-corrected chi connectivity index (χ1v) is 12.7. The van der Waals surface area contributed by atoms with Crippen molar-refractivity contribution in [2.24, 2.45) is 0 Å². The maximum absolute atomic E-state index is 14.5. The zero-order valence-electron chi connectivity index (χ0n) is 18.8. The number of nitrogens with one attached hydrogen (secondary N) is 1. The molecule has 0 bridgehead atoms. The van der Waals surface area contributed by atoms with E-state index >= 15 is 0 Å². The summed E-state index contributed by atoms with van der Waals surface area (Å²) in [7, 11) is 0. The Labute approximate surface area is 200 Å².